The lowest BCUT2D eigenvalue weighted by molar-refractivity contribution is -0.123. The molecule has 3 unspecified atom stereocenters. The van der Waals surface area contributed by atoms with Crippen molar-refractivity contribution in [3.63, 3.8) is 0 Å². The second-order valence-corrected chi connectivity index (χ2v) is 7.05. The molecule has 7 nitrogen and oxygen atoms in total. The van der Waals surface area contributed by atoms with Crippen molar-refractivity contribution in [3.05, 3.63) is 0 Å². The van der Waals surface area contributed by atoms with Gasteiger partial charge in [-0.25, -0.2) is 4.79 Å². The van der Waals surface area contributed by atoms with Crippen molar-refractivity contribution >= 4 is 11.9 Å². The Morgan fingerprint density at radius 3 is 2.75 bits per heavy atom. The molecule has 2 saturated heterocycles. The number of hydrogen-bond donors (Lipinski definition) is 2. The Hall–Kier alpha value is -1.34. The van der Waals surface area contributed by atoms with Crippen molar-refractivity contribution in [1.29, 1.82) is 0 Å². The Morgan fingerprint density at radius 2 is 2.08 bits per heavy atom. The van der Waals surface area contributed by atoms with Gasteiger partial charge in [0.05, 0.1) is 12.0 Å². The van der Waals surface area contributed by atoms with Crippen molar-refractivity contribution < 1.29 is 14.3 Å². The van der Waals surface area contributed by atoms with E-state index in [-0.39, 0.29) is 30.0 Å². The number of amides is 3. The molecule has 3 amide bonds. The molecule has 0 aliphatic carbocycles. The minimum Gasteiger partial charge on any atom is -0.381 e. The van der Waals surface area contributed by atoms with E-state index in [9.17, 15) is 9.59 Å². The highest BCUT2D eigenvalue weighted by Gasteiger charge is 2.28. The lowest BCUT2D eigenvalue weighted by atomic mass is 9.97. The second-order valence-electron chi connectivity index (χ2n) is 7.05. The molecule has 0 saturated carbocycles. The lowest BCUT2D eigenvalue weighted by Gasteiger charge is -2.37. The number of nitrogens with zero attached hydrogens (tertiary/aromatic N) is 2. The fourth-order valence-corrected chi connectivity index (χ4v) is 3.74. The molecular formula is C17H32N4O3. The van der Waals surface area contributed by atoms with Crippen molar-refractivity contribution in [2.24, 2.45) is 11.7 Å². The van der Waals surface area contributed by atoms with Gasteiger partial charge in [0.2, 0.25) is 5.91 Å². The van der Waals surface area contributed by atoms with Crippen LogP contribution in [0.5, 0.6) is 0 Å². The van der Waals surface area contributed by atoms with E-state index in [0.29, 0.717) is 6.54 Å². The maximum atomic E-state index is 12.3. The van der Waals surface area contributed by atoms with Crippen LogP contribution >= 0.6 is 0 Å². The zero-order valence-corrected chi connectivity index (χ0v) is 15.0. The van der Waals surface area contributed by atoms with Crippen molar-refractivity contribution in [3.8, 4) is 0 Å². The number of nitrogens with one attached hydrogen (secondary N) is 1. The Labute approximate surface area is 144 Å². The van der Waals surface area contributed by atoms with Crippen LogP contribution in [0, 0.1) is 5.92 Å². The number of carbonyl (C=O) groups is 2. The van der Waals surface area contributed by atoms with Crippen molar-refractivity contribution in [1.82, 2.24) is 15.1 Å². The third-order valence-corrected chi connectivity index (χ3v) is 5.26. The molecule has 0 aromatic rings. The summed E-state index contributed by atoms with van der Waals surface area (Å²) in [5.74, 6) is -0.210. The van der Waals surface area contributed by atoms with Crippen LogP contribution in [0.25, 0.3) is 0 Å². The van der Waals surface area contributed by atoms with Gasteiger partial charge in [0, 0.05) is 32.8 Å². The molecule has 0 spiro atoms. The maximum Gasteiger partial charge on any atom is 0.317 e. The number of methoxy groups -OCH3 is 1. The highest BCUT2D eigenvalue weighted by molar-refractivity contribution is 5.77. The molecule has 2 heterocycles. The quantitative estimate of drug-likeness (QED) is 0.700. The number of piperidine rings is 2. The number of nitrogens with two attached hydrogens (primary N) is 1. The van der Waals surface area contributed by atoms with E-state index in [2.05, 4.69) is 17.1 Å². The van der Waals surface area contributed by atoms with Crippen LogP contribution in [0.2, 0.25) is 0 Å². The average Bonchev–Trinajstić information content (AvgIpc) is 2.58. The summed E-state index contributed by atoms with van der Waals surface area (Å²) < 4.78 is 5.38. The Bertz CT molecular complexity index is 432. The number of carbonyl (C=O) groups excluding carboxylic acids is 2. The number of rotatable bonds is 6. The molecule has 3 N–H and O–H groups in total. The van der Waals surface area contributed by atoms with Crippen LogP contribution in [-0.2, 0) is 9.53 Å². The first-order chi connectivity index (χ1) is 11.5. The van der Waals surface area contributed by atoms with Gasteiger partial charge in [0.1, 0.15) is 0 Å². The standard InChI is InChI=1S/C17H32N4O3/c1-13-11-15(24-2)6-10-21(13)17(23)19-7-4-9-20-8-3-5-14(12-20)16(18)22/h13-15H,3-12H2,1-2H3,(H2,18,22)(H,19,23). The highest BCUT2D eigenvalue weighted by Crippen LogP contribution is 2.19. The maximum absolute atomic E-state index is 12.3. The van der Waals surface area contributed by atoms with E-state index in [0.717, 1.165) is 58.3 Å². The summed E-state index contributed by atoms with van der Waals surface area (Å²) >= 11 is 0. The Morgan fingerprint density at radius 1 is 1.29 bits per heavy atom. The number of likely N-dealkylation sites (tertiary alicyclic amines) is 2. The van der Waals surface area contributed by atoms with E-state index in [1.165, 1.54) is 0 Å². The van der Waals surface area contributed by atoms with Crippen LogP contribution in [-0.4, -0.2) is 73.7 Å². The Balaban J connectivity index is 1.63. The molecule has 2 aliphatic heterocycles. The SMILES string of the molecule is COC1CCN(C(=O)NCCCN2CCCC(C(N)=O)C2)C(C)C1. The molecule has 3 atom stereocenters. The van der Waals surface area contributed by atoms with Gasteiger partial charge in [-0.15, -0.1) is 0 Å². The molecule has 7 heteroatoms. The van der Waals surface area contributed by atoms with E-state index < -0.39 is 0 Å². The van der Waals surface area contributed by atoms with Crippen molar-refractivity contribution in [2.45, 2.75) is 51.2 Å². The summed E-state index contributed by atoms with van der Waals surface area (Å²) in [6, 6.07) is 0.229. The van der Waals surface area contributed by atoms with Gasteiger partial charge in [-0.2, -0.15) is 0 Å². The predicted octanol–water partition coefficient (Wildman–Crippen LogP) is 0.783. The van der Waals surface area contributed by atoms with Gasteiger partial charge in [0.15, 0.2) is 0 Å². The zero-order valence-electron chi connectivity index (χ0n) is 15.0. The number of urea groups is 1. The predicted molar refractivity (Wildman–Crippen MR) is 92.6 cm³/mol. The van der Waals surface area contributed by atoms with Gasteiger partial charge in [0.25, 0.3) is 0 Å². The first-order valence-electron chi connectivity index (χ1n) is 9.10. The average molecular weight is 340 g/mol. The molecule has 0 aromatic carbocycles. The summed E-state index contributed by atoms with van der Waals surface area (Å²) in [6.07, 6.45) is 4.87. The monoisotopic (exact) mass is 340 g/mol. The fraction of sp³-hybridized carbons (Fsp3) is 0.882. The Kier molecular flexibility index (Phi) is 7.30. The number of ether oxygens (including phenoxy) is 1. The van der Waals surface area contributed by atoms with Crippen LogP contribution in [0.15, 0.2) is 0 Å². The number of primary amides is 1. The van der Waals surface area contributed by atoms with E-state index >= 15 is 0 Å². The van der Waals surface area contributed by atoms with Crippen LogP contribution in [0.4, 0.5) is 4.79 Å². The minimum atomic E-state index is -0.193. The molecule has 0 aromatic heterocycles. The molecule has 138 valence electrons. The summed E-state index contributed by atoms with van der Waals surface area (Å²) in [4.78, 5) is 27.8. The lowest BCUT2D eigenvalue weighted by Crippen LogP contribution is -2.51. The molecule has 2 aliphatic rings. The van der Waals surface area contributed by atoms with Gasteiger partial charge in [-0.1, -0.05) is 0 Å². The minimum absolute atomic E-state index is 0.0173. The van der Waals surface area contributed by atoms with Crippen LogP contribution in [0.1, 0.15) is 39.0 Å². The summed E-state index contributed by atoms with van der Waals surface area (Å²) in [5.41, 5.74) is 5.40. The van der Waals surface area contributed by atoms with Gasteiger partial charge in [-0.3, -0.25) is 4.79 Å². The molecule has 2 rings (SSSR count). The largest absolute Gasteiger partial charge is 0.381 e. The van der Waals surface area contributed by atoms with Crippen LogP contribution in [0.3, 0.4) is 0 Å². The third-order valence-electron chi connectivity index (χ3n) is 5.26. The summed E-state index contributed by atoms with van der Waals surface area (Å²) in [7, 11) is 1.73. The van der Waals surface area contributed by atoms with Crippen molar-refractivity contribution in [2.75, 3.05) is 39.8 Å². The van der Waals surface area contributed by atoms with E-state index in [1.807, 2.05) is 4.90 Å². The second kappa shape index (κ2) is 9.22. The molecular weight excluding hydrogens is 308 g/mol. The third kappa shape index (κ3) is 5.34. The highest BCUT2D eigenvalue weighted by atomic mass is 16.5. The first-order valence-corrected chi connectivity index (χ1v) is 9.10. The van der Waals surface area contributed by atoms with Gasteiger partial charge in [-0.05, 0) is 52.1 Å². The molecule has 24 heavy (non-hydrogen) atoms. The first kappa shape index (κ1) is 19.0. The topological polar surface area (TPSA) is 87.9 Å². The van der Waals surface area contributed by atoms with E-state index in [4.69, 9.17) is 10.5 Å². The fourth-order valence-electron chi connectivity index (χ4n) is 3.74. The van der Waals surface area contributed by atoms with Crippen LogP contribution < -0.4 is 11.1 Å². The van der Waals surface area contributed by atoms with Gasteiger partial charge < -0.3 is 25.6 Å². The van der Waals surface area contributed by atoms with Gasteiger partial charge >= 0.3 is 6.03 Å². The normalized spacial score (nSPS) is 28.6. The van der Waals surface area contributed by atoms with E-state index in [1.54, 1.807) is 7.11 Å². The zero-order chi connectivity index (χ0) is 17.5. The molecule has 0 bridgehead atoms. The molecule has 2 fully saturated rings. The summed E-state index contributed by atoms with van der Waals surface area (Å²) in [5, 5.41) is 3.02. The number of hydrogen-bond acceptors (Lipinski definition) is 4. The summed E-state index contributed by atoms with van der Waals surface area (Å²) in [6.45, 7) is 6.14. The smallest absolute Gasteiger partial charge is 0.317 e. The molecule has 0 radical (unpaired) electrons.